The Hall–Kier alpha value is -2.00. The third kappa shape index (κ3) is 6.23. The molecule has 7 nitrogen and oxygen atoms in total. The summed E-state index contributed by atoms with van der Waals surface area (Å²) < 4.78 is 31.2. The second-order valence-corrected chi connectivity index (χ2v) is 21.7. The lowest BCUT2D eigenvalue weighted by molar-refractivity contribution is -0.219. The molecule has 0 spiro atoms. The summed E-state index contributed by atoms with van der Waals surface area (Å²) in [6.45, 7) is 23.2. The predicted octanol–water partition coefficient (Wildman–Crippen LogP) is 8.48. The van der Waals surface area contributed by atoms with E-state index >= 15 is 0 Å². The highest BCUT2D eigenvalue weighted by atomic mass is 32.2. The maximum Gasteiger partial charge on any atom is 0.337 e. The number of hydrogen-bond acceptors (Lipinski definition) is 6. The number of fused-ring (bicyclic) bond motifs is 7. The molecule has 5 aliphatic carbocycles. The van der Waals surface area contributed by atoms with Gasteiger partial charge in [-0.2, -0.15) is 4.31 Å². The largest absolute Gasteiger partial charge is 0.465 e. The summed E-state index contributed by atoms with van der Waals surface area (Å²) in [5, 5.41) is 7.85. The monoisotopic (exact) mass is 748 g/mol. The number of allylic oxidation sites excluding steroid dienone is 3. The molecule has 6 aliphatic rings. The van der Waals surface area contributed by atoms with Crippen molar-refractivity contribution in [1.29, 1.82) is 0 Å². The molecule has 53 heavy (non-hydrogen) atoms. The molecular weight excluding hydrogens is 679 g/mol. The first-order chi connectivity index (χ1) is 24.9. The average Bonchev–Trinajstić information content (AvgIpc) is 3.74. The van der Waals surface area contributed by atoms with Crippen molar-refractivity contribution in [3.8, 4) is 0 Å². The number of sulfonamides is 1. The minimum Gasteiger partial charge on any atom is -0.465 e. The molecule has 8 heteroatoms. The number of hydrogen-bond donors (Lipinski definition) is 2. The zero-order valence-electron chi connectivity index (χ0n) is 34.2. The van der Waals surface area contributed by atoms with E-state index in [-0.39, 0.29) is 39.2 Å². The van der Waals surface area contributed by atoms with Gasteiger partial charge in [0.05, 0.1) is 18.9 Å². The maximum absolute atomic E-state index is 12.3. The van der Waals surface area contributed by atoms with Crippen molar-refractivity contribution >= 4 is 21.6 Å². The number of esters is 1. The predicted molar refractivity (Wildman–Crippen MR) is 216 cm³/mol. The number of carbonyl (C=O) groups is 1. The summed E-state index contributed by atoms with van der Waals surface area (Å²) in [4.78, 5) is 12.2. The lowest BCUT2D eigenvalue weighted by atomic mass is 9.33. The second kappa shape index (κ2) is 13.9. The van der Waals surface area contributed by atoms with E-state index in [9.17, 15) is 13.2 Å². The van der Waals surface area contributed by atoms with Crippen LogP contribution in [-0.2, 0) is 14.8 Å². The molecule has 1 heterocycles. The molecule has 7 rings (SSSR count). The summed E-state index contributed by atoms with van der Waals surface area (Å²) in [6.07, 6.45) is 17.1. The number of carbonyl (C=O) groups excluding carboxylic acids is 1. The van der Waals surface area contributed by atoms with E-state index in [2.05, 4.69) is 77.0 Å². The molecule has 1 aromatic carbocycles. The molecule has 5 fully saturated rings. The van der Waals surface area contributed by atoms with Crippen LogP contribution in [0.1, 0.15) is 128 Å². The van der Waals surface area contributed by atoms with Crippen LogP contribution in [-0.4, -0.2) is 69.8 Å². The quantitative estimate of drug-likeness (QED) is 0.142. The van der Waals surface area contributed by atoms with E-state index in [1.54, 1.807) is 4.31 Å². The van der Waals surface area contributed by atoms with Crippen molar-refractivity contribution in [2.24, 2.45) is 51.2 Å². The molecule has 0 aromatic heterocycles. The van der Waals surface area contributed by atoms with Crippen LogP contribution in [0.2, 0.25) is 0 Å². The maximum atomic E-state index is 12.3. The van der Waals surface area contributed by atoms with Gasteiger partial charge in [0.25, 0.3) is 0 Å². The zero-order chi connectivity index (χ0) is 38.2. The van der Waals surface area contributed by atoms with Gasteiger partial charge in [-0.3, -0.25) is 0 Å². The van der Waals surface area contributed by atoms with Gasteiger partial charge in [0.1, 0.15) is 0 Å². The van der Waals surface area contributed by atoms with E-state index < -0.39 is 10.0 Å². The van der Waals surface area contributed by atoms with E-state index in [0.29, 0.717) is 41.7 Å². The summed E-state index contributed by atoms with van der Waals surface area (Å²) in [6, 6.07) is 8.18. The Labute approximate surface area is 321 Å². The highest BCUT2D eigenvalue weighted by Crippen LogP contribution is 2.76. The molecule has 1 saturated heterocycles. The van der Waals surface area contributed by atoms with Crippen molar-refractivity contribution < 1.29 is 17.9 Å². The molecule has 0 unspecified atom stereocenters. The molecule has 2 N–H and O–H groups in total. The Morgan fingerprint density at radius 1 is 0.925 bits per heavy atom. The van der Waals surface area contributed by atoms with Gasteiger partial charge < -0.3 is 15.4 Å². The zero-order valence-corrected chi connectivity index (χ0v) is 35.0. The number of methoxy groups -OCH3 is 1. The van der Waals surface area contributed by atoms with E-state index in [1.807, 2.05) is 12.1 Å². The normalized spacial score (nSPS) is 40.7. The van der Waals surface area contributed by atoms with Gasteiger partial charge in [-0.1, -0.05) is 65.0 Å². The standard InChI is InChI=1S/C45H69N3O4S/c1-30(2)34-18-23-45(47-27-26-46-29-33-11-10-28-48(33)53(9,50)51)25-24-43(6)36(39(34)45)16-17-38-42(5)21-19-35(31-12-14-32(15-13-31)40(49)52-8)41(3,4)37(42)20-22-44(38,43)7/h12-15,19,33-34,36-39,46-47H,1,10-11,16-18,20-29H2,2-9H3/t33-,34-,36+,37-,38+,39+,42-,43+,44+,45-/m0/s1. The molecule has 294 valence electrons. The summed E-state index contributed by atoms with van der Waals surface area (Å²) >= 11 is 0. The summed E-state index contributed by atoms with van der Waals surface area (Å²) in [7, 11) is -1.71. The fraction of sp³-hybridized carbons (Fsp3) is 0.756. The van der Waals surface area contributed by atoms with Crippen LogP contribution >= 0.6 is 0 Å². The minimum absolute atomic E-state index is 0.0376. The summed E-state index contributed by atoms with van der Waals surface area (Å²) in [5.74, 6) is 2.87. The van der Waals surface area contributed by atoms with Crippen molar-refractivity contribution in [2.75, 3.05) is 39.5 Å². The fourth-order valence-electron chi connectivity index (χ4n) is 14.6. The lowest BCUT2D eigenvalue weighted by Gasteiger charge is -2.72. The number of nitrogens with zero attached hydrogens (tertiary/aromatic N) is 1. The molecule has 10 atom stereocenters. The first-order valence-corrected chi connectivity index (χ1v) is 22.8. The van der Waals surface area contributed by atoms with Crippen molar-refractivity contribution in [2.45, 2.75) is 124 Å². The van der Waals surface area contributed by atoms with Gasteiger partial charge in [-0.25, -0.2) is 13.2 Å². The third-order valence-corrected chi connectivity index (χ3v) is 18.5. The van der Waals surface area contributed by atoms with Crippen molar-refractivity contribution in [3.63, 3.8) is 0 Å². The minimum atomic E-state index is -3.15. The van der Waals surface area contributed by atoms with Crippen LogP contribution < -0.4 is 10.6 Å². The fourth-order valence-corrected chi connectivity index (χ4v) is 15.8. The highest BCUT2D eigenvalue weighted by molar-refractivity contribution is 7.88. The Bertz CT molecular complexity index is 1720. The first-order valence-electron chi connectivity index (χ1n) is 20.9. The highest BCUT2D eigenvalue weighted by Gasteiger charge is 2.70. The van der Waals surface area contributed by atoms with E-state index in [0.717, 1.165) is 38.9 Å². The smallest absolute Gasteiger partial charge is 0.337 e. The average molecular weight is 748 g/mol. The number of nitrogens with one attached hydrogen (secondary N) is 2. The number of ether oxygens (including phenoxy) is 1. The lowest BCUT2D eigenvalue weighted by Crippen LogP contribution is -2.68. The van der Waals surface area contributed by atoms with Crippen LogP contribution in [0, 0.1) is 51.2 Å². The van der Waals surface area contributed by atoms with Crippen molar-refractivity contribution in [1.82, 2.24) is 14.9 Å². The Morgan fingerprint density at radius 2 is 1.66 bits per heavy atom. The van der Waals surface area contributed by atoms with Crippen LogP contribution in [0.25, 0.3) is 5.57 Å². The molecule has 0 bridgehead atoms. The molecule has 0 amide bonds. The van der Waals surface area contributed by atoms with Gasteiger partial charge in [0, 0.05) is 37.8 Å². The second-order valence-electron chi connectivity index (χ2n) is 19.8. The van der Waals surface area contributed by atoms with Gasteiger partial charge in [0.2, 0.25) is 10.0 Å². The third-order valence-electron chi connectivity index (χ3n) is 17.2. The van der Waals surface area contributed by atoms with E-state index in [4.69, 9.17) is 4.74 Å². The molecule has 1 aromatic rings. The molecule has 1 aliphatic heterocycles. The van der Waals surface area contributed by atoms with Crippen LogP contribution in [0.5, 0.6) is 0 Å². The Balaban J connectivity index is 1.10. The van der Waals surface area contributed by atoms with Crippen LogP contribution in [0.4, 0.5) is 0 Å². The van der Waals surface area contributed by atoms with Crippen LogP contribution in [0.3, 0.4) is 0 Å². The van der Waals surface area contributed by atoms with Gasteiger partial charge in [0.15, 0.2) is 0 Å². The molecular formula is C45H69N3O4S. The summed E-state index contributed by atoms with van der Waals surface area (Å²) in [5.41, 5.74) is 5.66. The van der Waals surface area contributed by atoms with Crippen molar-refractivity contribution in [3.05, 3.63) is 53.6 Å². The topological polar surface area (TPSA) is 87.7 Å². The first kappa shape index (κ1) is 39.2. The van der Waals surface area contributed by atoms with Gasteiger partial charge >= 0.3 is 5.97 Å². The van der Waals surface area contributed by atoms with Gasteiger partial charge in [-0.15, -0.1) is 0 Å². The Morgan fingerprint density at radius 3 is 2.34 bits per heavy atom. The Kier molecular flexibility index (Phi) is 10.3. The van der Waals surface area contributed by atoms with Crippen LogP contribution in [0.15, 0.2) is 42.5 Å². The molecule has 4 saturated carbocycles. The molecule has 0 radical (unpaired) electrons. The number of benzene rings is 1. The SMILES string of the molecule is C=C(C)[C@@H]1CC[C@]2(NCCNC[C@@H]3CCCN3S(C)(=O)=O)CC[C@]3(C)[C@H](CC[C@@H]4[C@@]5(C)CC=C(c6ccc(C(=O)OC)cc6)C(C)(C)[C@@H]5CC[C@]43C)[C@@H]12. The number of rotatable bonds is 10. The van der Waals surface area contributed by atoms with E-state index in [1.165, 1.54) is 81.4 Å². The van der Waals surface area contributed by atoms with Gasteiger partial charge in [-0.05, 0) is 152 Å².